The van der Waals surface area contributed by atoms with Gasteiger partial charge in [0.2, 0.25) is 0 Å². The molecule has 0 spiro atoms. The van der Waals surface area contributed by atoms with E-state index >= 15 is 0 Å². The number of carbonyl (C=O) groups is 1. The molecule has 1 aliphatic rings. The number of aliphatic carboxylic acids is 1. The molecule has 7 nitrogen and oxygen atoms in total. The normalized spacial score (nSPS) is 18.3. The summed E-state index contributed by atoms with van der Waals surface area (Å²) >= 11 is 0. The van der Waals surface area contributed by atoms with Gasteiger partial charge in [0, 0.05) is 29.9 Å². The second-order valence-corrected chi connectivity index (χ2v) is 7.20. The van der Waals surface area contributed by atoms with Crippen LogP contribution in [0.3, 0.4) is 0 Å². The summed E-state index contributed by atoms with van der Waals surface area (Å²) in [5.41, 5.74) is 8.06. The molecular formula is C23H26N2O5. The number of aliphatic hydroxyl groups is 1. The minimum Gasteiger partial charge on any atom is -0.507 e. The number of aliphatic hydroxyl groups excluding tert-OH is 1. The van der Waals surface area contributed by atoms with Gasteiger partial charge < -0.3 is 25.4 Å². The molecule has 1 unspecified atom stereocenters. The van der Waals surface area contributed by atoms with Crippen LogP contribution in [0.15, 0.2) is 53.9 Å². The highest BCUT2D eigenvalue weighted by Gasteiger charge is 2.42. The Morgan fingerprint density at radius 3 is 2.67 bits per heavy atom. The van der Waals surface area contributed by atoms with Gasteiger partial charge in [0.15, 0.2) is 5.60 Å². The van der Waals surface area contributed by atoms with Crippen LogP contribution >= 0.6 is 0 Å². The highest BCUT2D eigenvalue weighted by molar-refractivity contribution is 5.82. The number of hydrogen-bond donors (Lipinski definition) is 3. The predicted molar refractivity (Wildman–Crippen MR) is 113 cm³/mol. The molecule has 30 heavy (non-hydrogen) atoms. The lowest BCUT2D eigenvalue weighted by Crippen LogP contribution is -2.35. The molecule has 7 heteroatoms. The minimum absolute atomic E-state index is 0.0533. The number of methoxy groups -OCH3 is 1. The lowest BCUT2D eigenvalue weighted by molar-refractivity contribution is -0.136. The molecular weight excluding hydrogens is 384 g/mol. The van der Waals surface area contributed by atoms with Gasteiger partial charge in [-0.2, -0.15) is 0 Å². The number of benzene rings is 1. The fourth-order valence-electron chi connectivity index (χ4n) is 3.61. The maximum atomic E-state index is 11.3. The predicted octanol–water partition coefficient (Wildman–Crippen LogP) is 3.63. The number of rotatable bonds is 8. The molecule has 1 atom stereocenters. The van der Waals surface area contributed by atoms with Crippen molar-refractivity contribution in [3.63, 3.8) is 0 Å². The molecule has 0 amide bonds. The van der Waals surface area contributed by atoms with Crippen molar-refractivity contribution < 1.29 is 24.5 Å². The molecule has 0 bridgehead atoms. The quantitative estimate of drug-likeness (QED) is 0.609. The zero-order valence-corrected chi connectivity index (χ0v) is 17.3. The van der Waals surface area contributed by atoms with Crippen LogP contribution < -0.4 is 15.2 Å². The molecule has 0 fully saturated rings. The average Bonchev–Trinajstić information content (AvgIpc) is 2.99. The fourth-order valence-corrected chi connectivity index (χ4v) is 3.61. The van der Waals surface area contributed by atoms with Crippen molar-refractivity contribution in [1.29, 1.82) is 0 Å². The third-order valence-electron chi connectivity index (χ3n) is 5.29. The third-order valence-corrected chi connectivity index (χ3v) is 5.29. The summed E-state index contributed by atoms with van der Waals surface area (Å²) in [6.45, 7) is 4.05. The Morgan fingerprint density at radius 2 is 2.03 bits per heavy atom. The number of nitrogens with zero attached hydrogens (tertiary/aromatic N) is 1. The van der Waals surface area contributed by atoms with E-state index in [-0.39, 0.29) is 12.2 Å². The molecule has 1 aromatic heterocycles. The highest BCUT2D eigenvalue weighted by atomic mass is 16.5. The number of carboxylic acids is 1. The van der Waals surface area contributed by atoms with Crippen molar-refractivity contribution in [1.82, 2.24) is 4.98 Å². The summed E-state index contributed by atoms with van der Waals surface area (Å²) in [7, 11) is 1.53. The summed E-state index contributed by atoms with van der Waals surface area (Å²) in [6.07, 6.45) is 3.99. The monoisotopic (exact) mass is 410 g/mol. The van der Waals surface area contributed by atoms with Crippen LogP contribution in [0.5, 0.6) is 11.5 Å². The third kappa shape index (κ3) is 4.02. The molecule has 0 aliphatic heterocycles. The second-order valence-electron chi connectivity index (χ2n) is 7.20. The van der Waals surface area contributed by atoms with E-state index in [1.807, 2.05) is 25.1 Å². The zero-order valence-electron chi connectivity index (χ0n) is 17.3. The minimum atomic E-state index is -1.14. The summed E-state index contributed by atoms with van der Waals surface area (Å²) in [5.74, 6) is -0.0334. The van der Waals surface area contributed by atoms with Gasteiger partial charge in [-0.3, -0.25) is 9.78 Å². The van der Waals surface area contributed by atoms with Gasteiger partial charge in [0.25, 0.3) is 0 Å². The molecule has 158 valence electrons. The fraction of sp³-hybridized carbons (Fsp3) is 0.304. The van der Waals surface area contributed by atoms with E-state index in [1.54, 1.807) is 31.3 Å². The first-order valence-corrected chi connectivity index (χ1v) is 9.70. The number of hydrogen-bond acceptors (Lipinski definition) is 6. The van der Waals surface area contributed by atoms with Crippen LogP contribution in [0.1, 0.15) is 37.1 Å². The van der Waals surface area contributed by atoms with Crippen LogP contribution in [0, 0.1) is 0 Å². The number of allylic oxidation sites excluding steroid dienone is 2. The molecule has 0 radical (unpaired) electrons. The van der Waals surface area contributed by atoms with Gasteiger partial charge in [-0.25, -0.2) is 0 Å². The number of nitrogens with two attached hydrogens (primary N) is 1. The van der Waals surface area contributed by atoms with E-state index in [4.69, 9.17) is 15.2 Å². The Balaban J connectivity index is 2.07. The molecule has 1 aliphatic carbocycles. The van der Waals surface area contributed by atoms with Crippen LogP contribution in [0.25, 0.3) is 5.57 Å². The van der Waals surface area contributed by atoms with Gasteiger partial charge in [-0.1, -0.05) is 13.0 Å². The molecule has 0 saturated carbocycles. The molecule has 3 rings (SSSR count). The SMILES string of the molecule is CCC1=CC(c2ccnc(CN)c2)=C(O)C1(C)Oc1cc(OC)ccc1CC(=O)O. The van der Waals surface area contributed by atoms with Crippen molar-refractivity contribution in [3.8, 4) is 11.5 Å². The number of aromatic nitrogens is 1. The van der Waals surface area contributed by atoms with E-state index < -0.39 is 11.6 Å². The number of pyridine rings is 1. The van der Waals surface area contributed by atoms with Crippen LogP contribution in [0.4, 0.5) is 0 Å². The Kier molecular flexibility index (Phi) is 6.12. The van der Waals surface area contributed by atoms with Crippen molar-refractivity contribution in [2.75, 3.05) is 7.11 Å². The van der Waals surface area contributed by atoms with E-state index in [0.717, 1.165) is 11.1 Å². The Labute approximate surface area is 175 Å². The Morgan fingerprint density at radius 1 is 1.27 bits per heavy atom. The van der Waals surface area contributed by atoms with Crippen LogP contribution in [0.2, 0.25) is 0 Å². The van der Waals surface area contributed by atoms with Gasteiger partial charge in [0.05, 0.1) is 19.2 Å². The first-order chi connectivity index (χ1) is 14.3. The summed E-state index contributed by atoms with van der Waals surface area (Å²) in [5, 5.41) is 20.5. The average molecular weight is 410 g/mol. The highest BCUT2D eigenvalue weighted by Crippen LogP contribution is 2.44. The van der Waals surface area contributed by atoms with E-state index in [2.05, 4.69) is 4.98 Å². The van der Waals surface area contributed by atoms with E-state index in [9.17, 15) is 15.0 Å². The molecule has 1 aromatic carbocycles. The maximum Gasteiger partial charge on any atom is 0.307 e. The summed E-state index contributed by atoms with van der Waals surface area (Å²) in [6, 6.07) is 8.63. The van der Waals surface area contributed by atoms with Crippen LogP contribution in [-0.4, -0.2) is 33.9 Å². The van der Waals surface area contributed by atoms with E-state index in [1.165, 1.54) is 7.11 Å². The van der Waals surface area contributed by atoms with Gasteiger partial charge in [0.1, 0.15) is 17.3 Å². The maximum absolute atomic E-state index is 11.3. The topological polar surface area (TPSA) is 115 Å². The number of carboxylic acid groups (broad SMARTS) is 1. The van der Waals surface area contributed by atoms with Crippen molar-refractivity contribution >= 4 is 11.5 Å². The molecule has 1 heterocycles. The molecule has 4 N–H and O–H groups in total. The number of ether oxygens (including phenoxy) is 2. The lowest BCUT2D eigenvalue weighted by Gasteiger charge is -2.30. The Hall–Kier alpha value is -3.32. The second kappa shape index (κ2) is 8.59. The standard InChI is InChI=1S/C23H26N2O5/c1-4-16-11-19(14-7-8-25-17(9-14)13-24)22(28)23(16,2)30-20-12-18(29-3)6-5-15(20)10-21(26)27/h5-9,11-12,28H,4,10,13,24H2,1-3H3,(H,26,27). The molecule has 0 saturated heterocycles. The Bertz CT molecular complexity index is 1030. The van der Waals surface area contributed by atoms with Crippen molar-refractivity contribution in [2.45, 2.75) is 38.8 Å². The van der Waals surface area contributed by atoms with Crippen molar-refractivity contribution in [2.24, 2.45) is 5.73 Å². The van der Waals surface area contributed by atoms with Gasteiger partial charge >= 0.3 is 5.97 Å². The first kappa shape index (κ1) is 21.4. The zero-order chi connectivity index (χ0) is 21.9. The lowest BCUT2D eigenvalue weighted by atomic mass is 9.95. The van der Waals surface area contributed by atoms with Crippen LogP contribution in [-0.2, 0) is 17.8 Å². The van der Waals surface area contributed by atoms with E-state index in [0.29, 0.717) is 41.3 Å². The summed E-state index contributed by atoms with van der Waals surface area (Å²) < 4.78 is 11.6. The molecule has 2 aromatic rings. The largest absolute Gasteiger partial charge is 0.507 e. The van der Waals surface area contributed by atoms with Gasteiger partial charge in [-0.05, 0) is 48.8 Å². The van der Waals surface area contributed by atoms with Gasteiger partial charge in [-0.15, -0.1) is 0 Å². The smallest absolute Gasteiger partial charge is 0.307 e. The van der Waals surface area contributed by atoms with Crippen molar-refractivity contribution in [3.05, 3.63) is 70.8 Å². The summed E-state index contributed by atoms with van der Waals surface area (Å²) in [4.78, 5) is 15.5. The first-order valence-electron chi connectivity index (χ1n) is 9.70.